The van der Waals surface area contributed by atoms with Gasteiger partial charge in [-0.05, 0) is 43.0 Å². The second-order valence-corrected chi connectivity index (χ2v) is 5.29. The monoisotopic (exact) mass is 275 g/mol. The minimum atomic E-state index is -0.348. The van der Waals surface area contributed by atoms with Gasteiger partial charge in [0.25, 0.3) is 5.91 Å². The van der Waals surface area contributed by atoms with E-state index in [1.54, 1.807) is 25.1 Å². The molecule has 0 unspecified atom stereocenters. The molecule has 0 saturated heterocycles. The van der Waals surface area contributed by atoms with Crippen molar-refractivity contribution in [2.75, 3.05) is 5.32 Å². The molecule has 0 aliphatic heterocycles. The summed E-state index contributed by atoms with van der Waals surface area (Å²) >= 11 is 0. The van der Waals surface area contributed by atoms with Gasteiger partial charge >= 0.3 is 0 Å². The molecule has 0 radical (unpaired) electrons. The van der Waals surface area contributed by atoms with Crippen LogP contribution in [0.15, 0.2) is 24.3 Å². The highest BCUT2D eigenvalue weighted by Crippen LogP contribution is 2.15. The molecular formula is C15H18FN3O. The summed E-state index contributed by atoms with van der Waals surface area (Å²) in [6.07, 6.45) is 0.833. The van der Waals surface area contributed by atoms with E-state index in [0.717, 1.165) is 12.1 Å². The first-order chi connectivity index (χ1) is 9.45. The van der Waals surface area contributed by atoms with Crippen LogP contribution in [0.25, 0.3) is 0 Å². The minimum Gasteiger partial charge on any atom is -0.320 e. The van der Waals surface area contributed by atoms with Gasteiger partial charge in [0, 0.05) is 11.4 Å². The molecule has 0 bridgehead atoms. The molecular weight excluding hydrogens is 257 g/mol. The summed E-state index contributed by atoms with van der Waals surface area (Å²) in [7, 11) is 0. The van der Waals surface area contributed by atoms with Gasteiger partial charge in [0.1, 0.15) is 5.82 Å². The van der Waals surface area contributed by atoms with Crippen LogP contribution in [-0.4, -0.2) is 16.1 Å². The Morgan fingerprint density at radius 3 is 2.80 bits per heavy atom. The van der Waals surface area contributed by atoms with E-state index >= 15 is 0 Å². The van der Waals surface area contributed by atoms with Crippen molar-refractivity contribution in [2.24, 2.45) is 5.92 Å². The number of carbonyl (C=O) groups is 1. The first-order valence-corrected chi connectivity index (χ1v) is 6.57. The highest BCUT2D eigenvalue weighted by atomic mass is 19.1. The van der Waals surface area contributed by atoms with Crippen molar-refractivity contribution in [3.63, 3.8) is 0 Å². The third-order valence-electron chi connectivity index (χ3n) is 2.92. The van der Waals surface area contributed by atoms with Crippen LogP contribution in [0.2, 0.25) is 0 Å². The number of H-pyrrole nitrogens is 1. The largest absolute Gasteiger partial charge is 0.320 e. The third kappa shape index (κ3) is 3.44. The highest BCUT2D eigenvalue weighted by molar-refractivity contribution is 6.02. The lowest BCUT2D eigenvalue weighted by molar-refractivity contribution is 0.102. The number of nitrogens with one attached hydrogen (secondary N) is 2. The third-order valence-corrected chi connectivity index (χ3v) is 2.92. The number of aryl methyl sites for hydroxylation is 1. The molecule has 0 aliphatic rings. The van der Waals surface area contributed by atoms with Gasteiger partial charge in [0.2, 0.25) is 0 Å². The van der Waals surface area contributed by atoms with Gasteiger partial charge in [0.05, 0.1) is 0 Å². The van der Waals surface area contributed by atoms with Gasteiger partial charge in [-0.1, -0.05) is 19.9 Å². The fourth-order valence-electron chi connectivity index (χ4n) is 1.89. The smallest absolute Gasteiger partial charge is 0.276 e. The molecule has 20 heavy (non-hydrogen) atoms. The molecule has 1 aromatic carbocycles. The number of halogens is 1. The maximum absolute atomic E-state index is 13.4. The average molecular weight is 275 g/mol. The van der Waals surface area contributed by atoms with E-state index in [4.69, 9.17) is 0 Å². The first-order valence-electron chi connectivity index (χ1n) is 6.57. The van der Waals surface area contributed by atoms with Crippen LogP contribution in [0.3, 0.4) is 0 Å². The Morgan fingerprint density at radius 2 is 2.15 bits per heavy atom. The van der Waals surface area contributed by atoms with Crippen LogP contribution >= 0.6 is 0 Å². The SMILES string of the molecule is Cc1ccc(NC(=O)c2cc(CC(C)C)[nH]n2)cc1F. The lowest BCUT2D eigenvalue weighted by Crippen LogP contribution is -2.12. The summed E-state index contributed by atoms with van der Waals surface area (Å²) in [5.74, 6) is -0.206. The maximum Gasteiger partial charge on any atom is 0.276 e. The van der Waals surface area contributed by atoms with Gasteiger partial charge in [-0.25, -0.2) is 4.39 Å². The van der Waals surface area contributed by atoms with Crippen LogP contribution in [0.4, 0.5) is 10.1 Å². The molecule has 2 aromatic rings. The Morgan fingerprint density at radius 1 is 1.40 bits per heavy atom. The topological polar surface area (TPSA) is 57.8 Å². The molecule has 0 atom stereocenters. The lowest BCUT2D eigenvalue weighted by Gasteiger charge is -2.04. The van der Waals surface area contributed by atoms with Gasteiger partial charge in [-0.15, -0.1) is 0 Å². The standard InChI is InChI=1S/C15H18FN3O/c1-9(2)6-12-8-14(19-18-12)15(20)17-11-5-4-10(3)13(16)7-11/h4-5,7-9H,6H2,1-3H3,(H,17,20)(H,18,19). The second kappa shape index (κ2) is 5.86. The molecule has 5 heteroatoms. The number of aromatic amines is 1. The molecule has 1 aromatic heterocycles. The number of hydrogen-bond acceptors (Lipinski definition) is 2. The summed E-state index contributed by atoms with van der Waals surface area (Å²) < 4.78 is 13.4. The molecule has 0 aliphatic carbocycles. The van der Waals surface area contributed by atoms with Crippen molar-refractivity contribution in [3.05, 3.63) is 47.0 Å². The first kappa shape index (κ1) is 14.2. The number of hydrogen-bond donors (Lipinski definition) is 2. The van der Waals surface area contributed by atoms with Crippen LogP contribution in [0.5, 0.6) is 0 Å². The van der Waals surface area contributed by atoms with E-state index in [1.807, 2.05) is 0 Å². The summed E-state index contributed by atoms with van der Waals surface area (Å²) in [4.78, 5) is 12.0. The van der Waals surface area contributed by atoms with Gasteiger partial charge < -0.3 is 5.32 Å². The van der Waals surface area contributed by atoms with Gasteiger partial charge in [-0.2, -0.15) is 5.10 Å². The molecule has 0 fully saturated rings. The molecule has 2 rings (SSSR count). The normalized spacial score (nSPS) is 10.8. The van der Waals surface area contributed by atoms with E-state index in [0.29, 0.717) is 22.9 Å². The van der Waals surface area contributed by atoms with Crippen molar-refractivity contribution < 1.29 is 9.18 Å². The van der Waals surface area contributed by atoms with E-state index in [2.05, 4.69) is 29.4 Å². The summed E-state index contributed by atoms with van der Waals surface area (Å²) in [6.45, 7) is 5.86. The summed E-state index contributed by atoms with van der Waals surface area (Å²) in [5.41, 5.74) is 2.19. The Labute approximate surface area is 117 Å². The Hall–Kier alpha value is -2.17. The maximum atomic E-state index is 13.4. The van der Waals surface area contributed by atoms with Gasteiger partial charge in [0.15, 0.2) is 5.69 Å². The Kier molecular flexibility index (Phi) is 4.17. The van der Waals surface area contributed by atoms with Crippen molar-refractivity contribution in [2.45, 2.75) is 27.2 Å². The minimum absolute atomic E-state index is 0.307. The van der Waals surface area contributed by atoms with Crippen LogP contribution in [0.1, 0.15) is 35.6 Å². The average Bonchev–Trinajstić information content (AvgIpc) is 2.81. The fraction of sp³-hybridized carbons (Fsp3) is 0.333. The van der Waals surface area contributed by atoms with E-state index in [-0.39, 0.29) is 11.7 Å². The van der Waals surface area contributed by atoms with Crippen LogP contribution < -0.4 is 5.32 Å². The molecule has 1 amide bonds. The highest BCUT2D eigenvalue weighted by Gasteiger charge is 2.12. The number of benzene rings is 1. The predicted octanol–water partition coefficient (Wildman–Crippen LogP) is 3.31. The Bertz CT molecular complexity index is 619. The second-order valence-electron chi connectivity index (χ2n) is 5.29. The fourth-order valence-corrected chi connectivity index (χ4v) is 1.89. The number of rotatable bonds is 4. The molecule has 0 spiro atoms. The summed E-state index contributed by atoms with van der Waals surface area (Å²) in [5, 5.41) is 9.45. The predicted molar refractivity (Wildman–Crippen MR) is 76.2 cm³/mol. The zero-order chi connectivity index (χ0) is 14.7. The summed E-state index contributed by atoms with van der Waals surface area (Å²) in [6, 6.07) is 6.31. The molecule has 4 nitrogen and oxygen atoms in total. The van der Waals surface area contributed by atoms with E-state index in [9.17, 15) is 9.18 Å². The van der Waals surface area contributed by atoms with Crippen LogP contribution in [0, 0.1) is 18.7 Å². The van der Waals surface area contributed by atoms with Gasteiger partial charge in [-0.3, -0.25) is 9.89 Å². The number of aromatic nitrogens is 2. The van der Waals surface area contributed by atoms with E-state index in [1.165, 1.54) is 6.07 Å². The number of anilines is 1. The molecule has 2 N–H and O–H groups in total. The Balaban J connectivity index is 2.07. The molecule has 1 heterocycles. The van der Waals surface area contributed by atoms with Crippen molar-refractivity contribution in [3.8, 4) is 0 Å². The number of carbonyl (C=O) groups excluding carboxylic acids is 1. The molecule has 0 saturated carbocycles. The molecule has 106 valence electrons. The van der Waals surface area contributed by atoms with Crippen LogP contribution in [-0.2, 0) is 6.42 Å². The zero-order valence-electron chi connectivity index (χ0n) is 11.8. The van der Waals surface area contributed by atoms with Crippen molar-refractivity contribution in [1.82, 2.24) is 10.2 Å². The quantitative estimate of drug-likeness (QED) is 0.899. The van der Waals surface area contributed by atoms with Crippen molar-refractivity contribution in [1.29, 1.82) is 0 Å². The lowest BCUT2D eigenvalue weighted by atomic mass is 10.1. The van der Waals surface area contributed by atoms with E-state index < -0.39 is 0 Å². The van der Waals surface area contributed by atoms with Crippen molar-refractivity contribution >= 4 is 11.6 Å². The zero-order valence-corrected chi connectivity index (χ0v) is 11.8. The number of nitrogens with zero attached hydrogens (tertiary/aromatic N) is 1. The number of amides is 1.